The summed E-state index contributed by atoms with van der Waals surface area (Å²) in [6, 6.07) is 19.2. The quantitative estimate of drug-likeness (QED) is 0.518. The van der Waals surface area contributed by atoms with E-state index in [1.54, 1.807) is 0 Å². The molecule has 1 aliphatic carbocycles. The van der Waals surface area contributed by atoms with Gasteiger partial charge in [0.2, 0.25) is 15.9 Å². The Morgan fingerprint density at radius 1 is 1.03 bits per heavy atom. The molecule has 0 radical (unpaired) electrons. The van der Waals surface area contributed by atoms with E-state index in [9.17, 15) is 17.6 Å². The van der Waals surface area contributed by atoms with E-state index in [-0.39, 0.29) is 24.0 Å². The number of amides is 1. The second kappa shape index (κ2) is 10.0. The molecule has 0 heterocycles. The number of hydrogen-bond acceptors (Lipinski definition) is 3. The number of rotatable bonds is 7. The van der Waals surface area contributed by atoms with Gasteiger partial charge in [-0.05, 0) is 72.4 Å². The Hall–Kier alpha value is -2.74. The van der Waals surface area contributed by atoms with Crippen LogP contribution in [0.1, 0.15) is 35.6 Å². The Balaban J connectivity index is 1.57. The predicted molar refractivity (Wildman–Crippen MR) is 126 cm³/mol. The first-order valence-corrected chi connectivity index (χ1v) is 12.5. The Morgan fingerprint density at radius 2 is 1.73 bits per heavy atom. The lowest BCUT2D eigenvalue weighted by Crippen LogP contribution is -2.42. The zero-order valence-corrected chi connectivity index (χ0v) is 19.4. The molecule has 1 amide bonds. The van der Waals surface area contributed by atoms with Crippen LogP contribution < -0.4 is 5.32 Å². The summed E-state index contributed by atoms with van der Waals surface area (Å²) in [6.45, 7) is -0.430. The first kappa shape index (κ1) is 23.4. The van der Waals surface area contributed by atoms with E-state index < -0.39 is 21.7 Å². The number of carbonyl (C=O) groups excluding carboxylic acids is 1. The number of sulfonamides is 1. The van der Waals surface area contributed by atoms with Gasteiger partial charge in [0.25, 0.3) is 0 Å². The summed E-state index contributed by atoms with van der Waals surface area (Å²) in [7, 11) is -4.00. The van der Waals surface area contributed by atoms with Crippen molar-refractivity contribution < 1.29 is 17.6 Å². The average Bonchev–Trinajstić information content (AvgIpc) is 2.80. The van der Waals surface area contributed by atoms with E-state index in [0.717, 1.165) is 29.1 Å². The SMILES string of the molecule is O=C(CN(Cc1ccc(F)cc1)S(=O)(=O)c1ccc(Cl)cc1)NC1CCCc2ccccc21. The Bertz CT molecular complexity index is 1230. The molecule has 1 atom stereocenters. The molecule has 1 aliphatic rings. The fourth-order valence-corrected chi connectivity index (χ4v) is 5.59. The summed E-state index contributed by atoms with van der Waals surface area (Å²) in [5.41, 5.74) is 2.85. The minimum Gasteiger partial charge on any atom is -0.348 e. The van der Waals surface area contributed by atoms with Gasteiger partial charge in [0.05, 0.1) is 17.5 Å². The summed E-state index contributed by atoms with van der Waals surface area (Å²) >= 11 is 5.91. The van der Waals surface area contributed by atoms with Crippen molar-refractivity contribution in [2.24, 2.45) is 0 Å². The van der Waals surface area contributed by atoms with Crippen molar-refractivity contribution in [3.05, 3.63) is 100 Å². The first-order chi connectivity index (χ1) is 15.8. The molecule has 0 bridgehead atoms. The van der Waals surface area contributed by atoms with Crippen LogP contribution in [0.4, 0.5) is 4.39 Å². The van der Waals surface area contributed by atoms with Crippen LogP contribution in [0.5, 0.6) is 0 Å². The molecule has 0 saturated heterocycles. The van der Waals surface area contributed by atoms with Gasteiger partial charge >= 0.3 is 0 Å². The molecule has 4 rings (SSSR count). The van der Waals surface area contributed by atoms with Crippen molar-refractivity contribution in [1.82, 2.24) is 9.62 Å². The maximum absolute atomic E-state index is 13.4. The van der Waals surface area contributed by atoms with Crippen molar-refractivity contribution in [3.8, 4) is 0 Å². The number of nitrogens with one attached hydrogen (secondary N) is 1. The molecule has 0 fully saturated rings. The largest absolute Gasteiger partial charge is 0.348 e. The molecule has 33 heavy (non-hydrogen) atoms. The number of halogens is 2. The monoisotopic (exact) mass is 486 g/mol. The van der Waals surface area contributed by atoms with Crippen molar-refractivity contribution in [3.63, 3.8) is 0 Å². The Kier molecular flexibility index (Phi) is 7.12. The van der Waals surface area contributed by atoms with Crippen molar-refractivity contribution in [1.29, 1.82) is 0 Å². The van der Waals surface area contributed by atoms with Crippen LogP contribution in [0, 0.1) is 5.82 Å². The summed E-state index contributed by atoms with van der Waals surface area (Å²) in [5, 5.41) is 3.42. The number of nitrogens with zero attached hydrogens (tertiary/aromatic N) is 1. The van der Waals surface area contributed by atoms with E-state index >= 15 is 0 Å². The Labute approximate surface area is 198 Å². The highest BCUT2D eigenvalue weighted by molar-refractivity contribution is 7.89. The smallest absolute Gasteiger partial charge is 0.243 e. The van der Waals surface area contributed by atoms with Gasteiger partial charge < -0.3 is 5.32 Å². The highest BCUT2D eigenvalue weighted by atomic mass is 35.5. The van der Waals surface area contributed by atoms with Gasteiger partial charge in [-0.1, -0.05) is 48.0 Å². The lowest BCUT2D eigenvalue weighted by atomic mass is 9.88. The van der Waals surface area contributed by atoms with Crippen molar-refractivity contribution in [2.75, 3.05) is 6.54 Å². The van der Waals surface area contributed by atoms with Crippen LogP contribution in [0.15, 0.2) is 77.7 Å². The van der Waals surface area contributed by atoms with Crippen molar-refractivity contribution >= 4 is 27.5 Å². The standard InChI is InChI=1S/C25H24ClFN2O3S/c26-20-10-14-22(15-11-20)33(31,32)29(16-18-8-12-21(27)13-9-18)17-25(30)28-24-7-3-5-19-4-1-2-6-23(19)24/h1-2,4,6,8-15,24H,3,5,7,16-17H2,(H,28,30). The topological polar surface area (TPSA) is 66.5 Å². The number of benzene rings is 3. The molecule has 0 saturated carbocycles. The fraction of sp³-hybridized carbons (Fsp3) is 0.240. The zero-order chi connectivity index (χ0) is 23.4. The molecule has 8 heteroatoms. The summed E-state index contributed by atoms with van der Waals surface area (Å²) in [4.78, 5) is 13.0. The van der Waals surface area contributed by atoms with E-state index in [2.05, 4.69) is 11.4 Å². The van der Waals surface area contributed by atoms with Gasteiger partial charge in [0, 0.05) is 11.6 Å². The van der Waals surface area contributed by atoms with Crippen LogP contribution in [-0.2, 0) is 27.8 Å². The molecule has 0 spiro atoms. The predicted octanol–water partition coefficient (Wildman–Crippen LogP) is 4.86. The number of carbonyl (C=O) groups is 1. The first-order valence-electron chi connectivity index (χ1n) is 10.7. The van der Waals surface area contributed by atoms with Gasteiger partial charge in [-0.2, -0.15) is 4.31 Å². The highest BCUT2D eigenvalue weighted by Crippen LogP contribution is 2.29. The Morgan fingerprint density at radius 3 is 2.45 bits per heavy atom. The molecular formula is C25H24ClFN2O3S. The van der Waals surface area contributed by atoms with E-state index in [1.165, 1.54) is 54.1 Å². The van der Waals surface area contributed by atoms with Gasteiger partial charge in [0.1, 0.15) is 5.82 Å². The molecular weight excluding hydrogens is 463 g/mol. The minimum atomic E-state index is -4.00. The number of hydrogen-bond donors (Lipinski definition) is 1. The highest BCUT2D eigenvalue weighted by Gasteiger charge is 2.29. The zero-order valence-electron chi connectivity index (χ0n) is 17.9. The van der Waals surface area contributed by atoms with Gasteiger partial charge in [-0.3, -0.25) is 4.79 Å². The third-order valence-electron chi connectivity index (χ3n) is 5.75. The third kappa shape index (κ3) is 5.61. The maximum Gasteiger partial charge on any atom is 0.243 e. The molecule has 3 aromatic carbocycles. The van der Waals surface area contributed by atoms with E-state index in [4.69, 9.17) is 11.6 Å². The van der Waals surface area contributed by atoms with Gasteiger partial charge in [-0.25, -0.2) is 12.8 Å². The van der Waals surface area contributed by atoms with Gasteiger partial charge in [0.15, 0.2) is 0 Å². The fourth-order valence-electron chi connectivity index (χ4n) is 4.08. The molecule has 1 unspecified atom stereocenters. The molecule has 172 valence electrons. The second-order valence-corrected chi connectivity index (χ2v) is 10.4. The van der Waals surface area contributed by atoms with Crippen LogP contribution in [-0.4, -0.2) is 25.2 Å². The van der Waals surface area contributed by atoms with Crippen LogP contribution >= 0.6 is 11.6 Å². The van der Waals surface area contributed by atoms with Crippen LogP contribution in [0.25, 0.3) is 0 Å². The minimum absolute atomic E-state index is 0.0322. The lowest BCUT2D eigenvalue weighted by Gasteiger charge is -2.28. The molecule has 1 N–H and O–H groups in total. The number of aryl methyl sites for hydroxylation is 1. The molecule has 0 aromatic heterocycles. The summed E-state index contributed by atoms with van der Waals surface area (Å²) in [5.74, 6) is -0.809. The number of fused-ring (bicyclic) bond motifs is 1. The lowest BCUT2D eigenvalue weighted by molar-refractivity contribution is -0.122. The summed E-state index contributed by atoms with van der Waals surface area (Å²) in [6.07, 6.45) is 2.71. The van der Waals surface area contributed by atoms with Crippen LogP contribution in [0.3, 0.4) is 0 Å². The molecule has 5 nitrogen and oxygen atoms in total. The summed E-state index contributed by atoms with van der Waals surface area (Å²) < 4.78 is 41.2. The van der Waals surface area contributed by atoms with Crippen LogP contribution in [0.2, 0.25) is 5.02 Å². The molecule has 3 aromatic rings. The second-order valence-electron chi connectivity index (χ2n) is 8.06. The normalized spacial score (nSPS) is 15.8. The maximum atomic E-state index is 13.4. The van der Waals surface area contributed by atoms with Crippen molar-refractivity contribution in [2.45, 2.75) is 36.7 Å². The third-order valence-corrected chi connectivity index (χ3v) is 7.81. The van der Waals surface area contributed by atoms with E-state index in [1.807, 2.05) is 18.2 Å². The molecule has 0 aliphatic heterocycles. The average molecular weight is 487 g/mol. The van der Waals surface area contributed by atoms with E-state index in [0.29, 0.717) is 10.6 Å². The van der Waals surface area contributed by atoms with Gasteiger partial charge in [-0.15, -0.1) is 0 Å².